The van der Waals surface area contributed by atoms with Crippen molar-refractivity contribution in [2.45, 2.75) is 31.6 Å². The van der Waals surface area contributed by atoms with Gasteiger partial charge in [0.15, 0.2) is 0 Å². The summed E-state index contributed by atoms with van der Waals surface area (Å²) in [5, 5.41) is 4.71. The molecule has 178 valence electrons. The highest BCUT2D eigenvalue weighted by atomic mass is 32.2. The van der Waals surface area contributed by atoms with E-state index in [1.807, 2.05) is 24.4 Å². The number of hydrogen-bond donors (Lipinski definition) is 2. The van der Waals surface area contributed by atoms with Gasteiger partial charge in [-0.3, -0.25) is 14.3 Å². The molecule has 3 aromatic rings. The van der Waals surface area contributed by atoms with Crippen LogP contribution in [0.15, 0.2) is 64.9 Å². The summed E-state index contributed by atoms with van der Waals surface area (Å²) in [5.41, 5.74) is 2.40. The van der Waals surface area contributed by atoms with Crippen molar-refractivity contribution < 1.29 is 18.0 Å². The van der Waals surface area contributed by atoms with Crippen LogP contribution < -0.4 is 10.0 Å². The Bertz CT molecular complexity index is 1300. The van der Waals surface area contributed by atoms with E-state index in [4.69, 9.17) is 0 Å². The number of anilines is 2. The molecule has 0 spiro atoms. The number of hydrogen-bond acceptors (Lipinski definition) is 5. The monoisotopic (exact) mass is 497 g/mol. The highest BCUT2D eigenvalue weighted by molar-refractivity contribution is 7.92. The van der Waals surface area contributed by atoms with Crippen LogP contribution in [0.25, 0.3) is 0 Å². The molecule has 34 heavy (non-hydrogen) atoms. The molecular weight excluding hydrogens is 470 g/mol. The topological polar surface area (TPSA) is 95.6 Å². The molecule has 0 aliphatic carbocycles. The molecule has 0 saturated carbocycles. The Labute approximate surface area is 203 Å². The third kappa shape index (κ3) is 5.48. The molecule has 1 fully saturated rings. The van der Waals surface area contributed by atoms with Gasteiger partial charge in [-0.2, -0.15) is 0 Å². The Balaban J connectivity index is 1.47. The molecule has 2 heterocycles. The zero-order valence-corrected chi connectivity index (χ0v) is 20.7. The zero-order chi connectivity index (χ0) is 24.3. The van der Waals surface area contributed by atoms with Crippen LogP contribution in [-0.2, 0) is 14.8 Å². The van der Waals surface area contributed by atoms with Crippen LogP contribution in [0.5, 0.6) is 0 Å². The molecule has 1 atom stereocenters. The largest absolute Gasteiger partial charge is 0.337 e. The summed E-state index contributed by atoms with van der Waals surface area (Å²) in [6, 6.07) is 15.6. The number of piperidine rings is 1. The first-order valence-corrected chi connectivity index (χ1v) is 13.4. The van der Waals surface area contributed by atoms with E-state index in [1.54, 1.807) is 48.2 Å². The van der Waals surface area contributed by atoms with E-state index in [-0.39, 0.29) is 22.6 Å². The number of rotatable bonds is 6. The molecule has 1 aliphatic heterocycles. The highest BCUT2D eigenvalue weighted by Crippen LogP contribution is 2.26. The van der Waals surface area contributed by atoms with E-state index >= 15 is 0 Å². The number of aryl methyl sites for hydroxylation is 2. The lowest BCUT2D eigenvalue weighted by atomic mass is 9.97. The van der Waals surface area contributed by atoms with Crippen molar-refractivity contribution in [1.82, 2.24) is 4.90 Å². The van der Waals surface area contributed by atoms with E-state index in [9.17, 15) is 18.0 Å². The molecule has 1 aromatic heterocycles. The van der Waals surface area contributed by atoms with Gasteiger partial charge in [0.2, 0.25) is 5.91 Å². The Morgan fingerprint density at radius 1 is 1.03 bits per heavy atom. The molecular formula is C25H27N3O4S2. The van der Waals surface area contributed by atoms with Crippen molar-refractivity contribution in [3.05, 3.63) is 76.0 Å². The van der Waals surface area contributed by atoms with Gasteiger partial charge in [0.1, 0.15) is 0 Å². The van der Waals surface area contributed by atoms with Crippen molar-refractivity contribution in [2.75, 3.05) is 23.1 Å². The number of likely N-dealkylation sites (tertiary alicyclic amines) is 1. The van der Waals surface area contributed by atoms with Gasteiger partial charge in [0, 0.05) is 24.5 Å². The van der Waals surface area contributed by atoms with Crippen LogP contribution in [0, 0.1) is 19.8 Å². The minimum absolute atomic E-state index is 0.0570. The lowest BCUT2D eigenvalue weighted by molar-refractivity contribution is -0.121. The summed E-state index contributed by atoms with van der Waals surface area (Å²) < 4.78 is 28.7. The number of nitrogens with zero attached hydrogens (tertiary/aromatic N) is 1. The van der Waals surface area contributed by atoms with Crippen molar-refractivity contribution in [3.63, 3.8) is 0 Å². The Morgan fingerprint density at radius 3 is 2.59 bits per heavy atom. The fourth-order valence-corrected chi connectivity index (χ4v) is 6.07. The molecule has 9 heteroatoms. The van der Waals surface area contributed by atoms with E-state index in [0.717, 1.165) is 12.0 Å². The number of thiophene rings is 1. The minimum Gasteiger partial charge on any atom is -0.337 e. The summed E-state index contributed by atoms with van der Waals surface area (Å²) in [5.74, 6) is -0.634. The number of amides is 2. The quantitative estimate of drug-likeness (QED) is 0.518. The molecule has 2 aromatic carbocycles. The number of benzene rings is 2. The SMILES string of the molecule is Cc1cccc(NS(=O)(=O)c2cc(NC(=O)[C@H]3CCCN(C(=O)c4cccs4)C3)ccc2C)c1. The van der Waals surface area contributed by atoms with Crippen molar-refractivity contribution >= 4 is 44.5 Å². The summed E-state index contributed by atoms with van der Waals surface area (Å²) in [6.07, 6.45) is 1.41. The van der Waals surface area contributed by atoms with Gasteiger partial charge in [-0.25, -0.2) is 8.42 Å². The summed E-state index contributed by atoms with van der Waals surface area (Å²) >= 11 is 1.39. The maximum Gasteiger partial charge on any atom is 0.263 e. The van der Waals surface area contributed by atoms with E-state index in [1.165, 1.54) is 17.4 Å². The standard InChI is InChI=1S/C25H27N3O4S2/c1-17-6-3-8-21(14-17)27-34(31,32)23-15-20(11-10-18(23)2)26-24(29)19-7-4-12-28(16-19)25(30)22-9-5-13-33-22/h3,5-6,8-11,13-15,19,27H,4,7,12,16H2,1-2H3,(H,26,29)/t19-/m0/s1. The Hall–Kier alpha value is -3.17. The summed E-state index contributed by atoms with van der Waals surface area (Å²) in [7, 11) is -3.84. The third-order valence-corrected chi connectivity index (χ3v) is 8.21. The minimum atomic E-state index is -3.84. The maximum atomic E-state index is 13.0. The lowest BCUT2D eigenvalue weighted by Crippen LogP contribution is -2.43. The molecule has 1 aliphatic rings. The first kappa shape index (κ1) is 24.0. The molecule has 2 N–H and O–H groups in total. The first-order valence-electron chi connectivity index (χ1n) is 11.1. The van der Waals surface area contributed by atoms with E-state index in [2.05, 4.69) is 10.0 Å². The van der Waals surface area contributed by atoms with Crippen molar-refractivity contribution in [3.8, 4) is 0 Å². The number of carbonyl (C=O) groups excluding carboxylic acids is 2. The van der Waals surface area contributed by atoms with Gasteiger partial charge in [0.05, 0.1) is 15.7 Å². The zero-order valence-electron chi connectivity index (χ0n) is 19.1. The van der Waals surface area contributed by atoms with E-state index < -0.39 is 10.0 Å². The summed E-state index contributed by atoms with van der Waals surface area (Å²) in [4.78, 5) is 28.1. The molecule has 2 amide bonds. The number of sulfonamides is 1. The molecule has 0 unspecified atom stereocenters. The smallest absolute Gasteiger partial charge is 0.263 e. The average molecular weight is 498 g/mol. The fraction of sp³-hybridized carbons (Fsp3) is 0.280. The predicted molar refractivity (Wildman–Crippen MR) is 135 cm³/mol. The van der Waals surface area contributed by atoms with Gasteiger partial charge >= 0.3 is 0 Å². The summed E-state index contributed by atoms with van der Waals surface area (Å²) in [6.45, 7) is 4.57. The second-order valence-corrected chi connectivity index (χ2v) is 11.1. The number of nitrogens with one attached hydrogen (secondary N) is 2. The highest BCUT2D eigenvalue weighted by Gasteiger charge is 2.29. The van der Waals surface area contributed by atoms with Gasteiger partial charge in [-0.15, -0.1) is 11.3 Å². The molecule has 1 saturated heterocycles. The predicted octanol–water partition coefficient (Wildman–Crippen LogP) is 4.66. The Kier molecular flexibility index (Phi) is 7.04. The lowest BCUT2D eigenvalue weighted by Gasteiger charge is -2.31. The number of carbonyl (C=O) groups is 2. The van der Waals surface area contributed by atoms with Crippen molar-refractivity contribution in [1.29, 1.82) is 0 Å². The van der Waals surface area contributed by atoms with Crippen LogP contribution in [-0.4, -0.2) is 38.2 Å². The fourth-order valence-electron chi connectivity index (χ4n) is 4.06. The first-order chi connectivity index (χ1) is 16.2. The van der Waals surface area contributed by atoms with Gasteiger partial charge in [0.25, 0.3) is 15.9 Å². The van der Waals surface area contributed by atoms with Crippen LogP contribution in [0.3, 0.4) is 0 Å². The van der Waals surface area contributed by atoms with Crippen LogP contribution in [0.1, 0.15) is 33.6 Å². The molecule has 0 radical (unpaired) electrons. The molecule has 7 nitrogen and oxygen atoms in total. The van der Waals surface area contributed by atoms with Crippen molar-refractivity contribution in [2.24, 2.45) is 5.92 Å². The van der Waals surface area contributed by atoms with E-state index in [0.29, 0.717) is 41.3 Å². The molecule has 4 rings (SSSR count). The van der Waals surface area contributed by atoms with Gasteiger partial charge < -0.3 is 10.2 Å². The van der Waals surface area contributed by atoms with Gasteiger partial charge in [-0.05, 0) is 73.5 Å². The maximum absolute atomic E-state index is 13.0. The second-order valence-electron chi connectivity index (χ2n) is 8.51. The second kappa shape index (κ2) is 9.99. The Morgan fingerprint density at radius 2 is 1.85 bits per heavy atom. The van der Waals surface area contributed by atoms with Crippen LogP contribution >= 0.6 is 11.3 Å². The third-order valence-electron chi connectivity index (χ3n) is 5.83. The molecule has 0 bridgehead atoms. The van der Waals surface area contributed by atoms with Crippen LogP contribution in [0.4, 0.5) is 11.4 Å². The normalized spacial score (nSPS) is 16.2. The average Bonchev–Trinajstić information content (AvgIpc) is 3.34. The van der Waals surface area contributed by atoms with Crippen LogP contribution in [0.2, 0.25) is 0 Å². The van der Waals surface area contributed by atoms with Gasteiger partial charge in [-0.1, -0.05) is 24.3 Å².